The topological polar surface area (TPSA) is 44.8 Å². The summed E-state index contributed by atoms with van der Waals surface area (Å²) in [6.07, 6.45) is 5.97. The molecule has 3 heterocycles. The maximum Gasteiger partial charge on any atom is 0.123 e. The van der Waals surface area contributed by atoms with E-state index in [1.807, 2.05) is 30.6 Å². The smallest absolute Gasteiger partial charge is 0.123 e. The van der Waals surface area contributed by atoms with Crippen LogP contribution in [-0.4, -0.2) is 26.6 Å². The molecular formula is C23H21FN4. The Balaban J connectivity index is 1.47. The zero-order valence-electron chi connectivity index (χ0n) is 15.5. The average molecular weight is 372 g/mol. The van der Waals surface area contributed by atoms with Crippen molar-refractivity contribution in [1.82, 2.24) is 20.1 Å². The molecule has 140 valence electrons. The Hall–Kier alpha value is -3.05. The predicted molar refractivity (Wildman–Crippen MR) is 108 cm³/mol. The molecule has 1 N–H and O–H groups in total. The van der Waals surface area contributed by atoms with Gasteiger partial charge in [0.15, 0.2) is 0 Å². The van der Waals surface area contributed by atoms with Gasteiger partial charge in [0.1, 0.15) is 5.82 Å². The Morgan fingerprint density at radius 2 is 1.93 bits per heavy atom. The number of likely N-dealkylation sites (tertiary alicyclic amines) is 1. The van der Waals surface area contributed by atoms with E-state index in [2.05, 4.69) is 44.3 Å². The highest BCUT2D eigenvalue weighted by atomic mass is 19.1. The minimum absolute atomic E-state index is 0.221. The van der Waals surface area contributed by atoms with E-state index in [-0.39, 0.29) is 11.9 Å². The van der Waals surface area contributed by atoms with Gasteiger partial charge in [0.25, 0.3) is 0 Å². The lowest BCUT2D eigenvalue weighted by molar-refractivity contribution is 0.245. The van der Waals surface area contributed by atoms with Crippen molar-refractivity contribution < 1.29 is 4.39 Å². The molecule has 0 unspecified atom stereocenters. The van der Waals surface area contributed by atoms with Gasteiger partial charge >= 0.3 is 0 Å². The molecule has 28 heavy (non-hydrogen) atoms. The highest BCUT2D eigenvalue weighted by molar-refractivity contribution is 5.81. The summed E-state index contributed by atoms with van der Waals surface area (Å²) in [4.78, 5) is 6.98. The first-order valence-electron chi connectivity index (χ1n) is 9.65. The zero-order valence-corrected chi connectivity index (χ0v) is 15.5. The molecule has 4 nitrogen and oxygen atoms in total. The third kappa shape index (κ3) is 3.08. The first kappa shape index (κ1) is 17.1. The predicted octanol–water partition coefficient (Wildman–Crippen LogP) is 5.10. The van der Waals surface area contributed by atoms with E-state index >= 15 is 0 Å². The standard InChI is InChI=1S/C23H21FN4/c24-18-9-7-16(8-10-18)20-14-26-27-23(20)22-6-3-13-28(22)15-17-11-12-25-21-5-2-1-4-19(17)21/h1-2,4-5,7-12,14,22H,3,6,13,15H2,(H,26,27)/t22-/m0/s1. The number of aromatic nitrogens is 3. The molecule has 0 spiro atoms. The number of pyridine rings is 1. The van der Waals surface area contributed by atoms with Gasteiger partial charge in [-0.15, -0.1) is 0 Å². The largest absolute Gasteiger partial charge is 0.290 e. The van der Waals surface area contributed by atoms with Crippen molar-refractivity contribution in [2.75, 3.05) is 6.54 Å². The monoisotopic (exact) mass is 372 g/mol. The third-order valence-electron chi connectivity index (χ3n) is 5.63. The summed E-state index contributed by atoms with van der Waals surface area (Å²) in [5.74, 6) is -0.221. The number of para-hydroxylation sites is 1. The van der Waals surface area contributed by atoms with Gasteiger partial charge in [-0.25, -0.2) is 4.39 Å². The Labute approximate surface area is 163 Å². The second-order valence-electron chi connectivity index (χ2n) is 7.32. The molecule has 2 aromatic heterocycles. The number of rotatable bonds is 4. The quantitative estimate of drug-likeness (QED) is 0.542. The molecule has 1 atom stereocenters. The maximum absolute atomic E-state index is 13.3. The first-order chi connectivity index (χ1) is 13.8. The number of nitrogens with one attached hydrogen (secondary N) is 1. The van der Waals surface area contributed by atoms with Crippen LogP contribution in [0, 0.1) is 5.82 Å². The molecule has 0 saturated carbocycles. The number of fused-ring (bicyclic) bond motifs is 1. The minimum atomic E-state index is -0.221. The van der Waals surface area contributed by atoms with Crippen LogP contribution in [0.15, 0.2) is 67.0 Å². The molecule has 2 aromatic carbocycles. The van der Waals surface area contributed by atoms with Crippen molar-refractivity contribution in [2.45, 2.75) is 25.4 Å². The summed E-state index contributed by atoms with van der Waals surface area (Å²) in [7, 11) is 0. The second kappa shape index (κ2) is 7.17. The van der Waals surface area contributed by atoms with E-state index in [0.717, 1.165) is 48.3 Å². The van der Waals surface area contributed by atoms with Crippen molar-refractivity contribution in [1.29, 1.82) is 0 Å². The highest BCUT2D eigenvalue weighted by Gasteiger charge is 2.29. The molecule has 0 aliphatic carbocycles. The van der Waals surface area contributed by atoms with Gasteiger partial charge in [0.2, 0.25) is 0 Å². The zero-order chi connectivity index (χ0) is 18.9. The van der Waals surface area contributed by atoms with Crippen molar-refractivity contribution >= 4 is 10.9 Å². The Bertz CT molecular complexity index is 1100. The fourth-order valence-corrected chi connectivity index (χ4v) is 4.26. The maximum atomic E-state index is 13.3. The molecule has 0 bridgehead atoms. The Morgan fingerprint density at radius 1 is 1.07 bits per heavy atom. The second-order valence-corrected chi connectivity index (χ2v) is 7.32. The summed E-state index contributed by atoms with van der Waals surface area (Å²) in [5.41, 5.74) is 5.48. The fraction of sp³-hybridized carbons (Fsp3) is 0.217. The summed E-state index contributed by atoms with van der Waals surface area (Å²) >= 11 is 0. The van der Waals surface area contributed by atoms with E-state index in [0.29, 0.717) is 0 Å². The average Bonchev–Trinajstić information content (AvgIpc) is 3.38. The van der Waals surface area contributed by atoms with Crippen LogP contribution in [0.5, 0.6) is 0 Å². The molecule has 1 aliphatic heterocycles. The van der Waals surface area contributed by atoms with Crippen LogP contribution < -0.4 is 0 Å². The van der Waals surface area contributed by atoms with Crippen molar-refractivity contribution in [3.05, 3.63) is 84.1 Å². The minimum Gasteiger partial charge on any atom is -0.290 e. The molecule has 1 aliphatic rings. The summed E-state index contributed by atoms with van der Waals surface area (Å²) in [6, 6.07) is 17.3. The van der Waals surface area contributed by atoms with Gasteiger partial charge in [0.05, 0.1) is 23.4 Å². The molecule has 0 amide bonds. The molecule has 4 aromatic rings. The van der Waals surface area contributed by atoms with Gasteiger partial charge in [-0.3, -0.25) is 15.0 Å². The lowest BCUT2D eigenvalue weighted by Gasteiger charge is -2.25. The lowest BCUT2D eigenvalue weighted by Crippen LogP contribution is -2.23. The SMILES string of the molecule is Fc1ccc(-c2cn[nH]c2[C@@H]2CCCN2Cc2ccnc3ccccc23)cc1. The van der Waals surface area contributed by atoms with Gasteiger partial charge < -0.3 is 0 Å². The Morgan fingerprint density at radius 3 is 2.82 bits per heavy atom. The number of aromatic amines is 1. The van der Waals surface area contributed by atoms with Crippen LogP contribution in [0.25, 0.3) is 22.0 Å². The summed E-state index contributed by atoms with van der Waals surface area (Å²) in [5, 5.41) is 8.72. The first-order valence-corrected chi connectivity index (χ1v) is 9.65. The van der Waals surface area contributed by atoms with E-state index < -0.39 is 0 Å². The molecule has 0 radical (unpaired) electrons. The number of hydrogen-bond acceptors (Lipinski definition) is 3. The van der Waals surface area contributed by atoms with Crippen LogP contribution in [0.3, 0.4) is 0 Å². The molecule has 1 fully saturated rings. The van der Waals surface area contributed by atoms with Crippen LogP contribution in [-0.2, 0) is 6.54 Å². The molecule has 5 rings (SSSR count). The summed E-state index contributed by atoms with van der Waals surface area (Å²) in [6.45, 7) is 1.92. The van der Waals surface area contributed by atoms with Gasteiger partial charge in [-0.1, -0.05) is 30.3 Å². The van der Waals surface area contributed by atoms with Gasteiger partial charge in [0, 0.05) is 23.7 Å². The highest BCUT2D eigenvalue weighted by Crippen LogP contribution is 2.37. The van der Waals surface area contributed by atoms with Crippen molar-refractivity contribution in [3.8, 4) is 11.1 Å². The van der Waals surface area contributed by atoms with E-state index in [9.17, 15) is 4.39 Å². The molecule has 5 heteroatoms. The Kier molecular flexibility index (Phi) is 4.37. The van der Waals surface area contributed by atoms with Crippen LogP contribution >= 0.6 is 0 Å². The van der Waals surface area contributed by atoms with Crippen molar-refractivity contribution in [2.24, 2.45) is 0 Å². The van der Waals surface area contributed by atoms with Gasteiger partial charge in [-0.05, 0) is 54.8 Å². The number of hydrogen-bond donors (Lipinski definition) is 1. The van der Waals surface area contributed by atoms with Crippen LogP contribution in [0.4, 0.5) is 4.39 Å². The van der Waals surface area contributed by atoms with E-state index in [4.69, 9.17) is 0 Å². The van der Waals surface area contributed by atoms with E-state index in [1.165, 1.54) is 23.1 Å². The normalized spacial score (nSPS) is 17.4. The molecular weight excluding hydrogens is 351 g/mol. The lowest BCUT2D eigenvalue weighted by atomic mass is 10.0. The third-order valence-corrected chi connectivity index (χ3v) is 5.63. The number of benzene rings is 2. The fourth-order valence-electron chi connectivity index (χ4n) is 4.26. The van der Waals surface area contributed by atoms with Gasteiger partial charge in [-0.2, -0.15) is 5.10 Å². The van der Waals surface area contributed by atoms with Crippen LogP contribution in [0.1, 0.15) is 30.1 Å². The number of nitrogens with zero attached hydrogens (tertiary/aromatic N) is 3. The van der Waals surface area contributed by atoms with Crippen molar-refractivity contribution in [3.63, 3.8) is 0 Å². The number of halogens is 1. The summed E-state index contributed by atoms with van der Waals surface area (Å²) < 4.78 is 13.3. The molecule has 1 saturated heterocycles. The van der Waals surface area contributed by atoms with Crippen LogP contribution in [0.2, 0.25) is 0 Å². The van der Waals surface area contributed by atoms with E-state index in [1.54, 1.807) is 0 Å². The number of H-pyrrole nitrogens is 1.